The zero-order chi connectivity index (χ0) is 90.2. The number of aromatic amines is 3. The molecular formula is C62H82N22O30P6S6. The summed E-state index contributed by atoms with van der Waals surface area (Å²) in [6, 6.07) is 0. The number of ether oxygens (including phenoxy) is 6. The number of fused-ring (bicyclic) bond motifs is 3. The first-order chi connectivity index (χ1) is 59.5. The van der Waals surface area contributed by atoms with E-state index in [2.05, 4.69) is 59.8 Å². The Bertz CT molecular complexity index is 6330. The Morgan fingerprint density at radius 2 is 0.698 bits per heavy atom. The Balaban J connectivity index is 0.646. The highest BCUT2D eigenvalue weighted by atomic mass is 32.5. The van der Waals surface area contributed by atoms with Crippen LogP contribution in [0.2, 0.25) is 0 Å². The van der Waals surface area contributed by atoms with Gasteiger partial charge in [-0.15, -0.1) is 0 Å². The second kappa shape index (κ2) is 37.8. The number of aryl methyl sites for hydroxylation is 3. The highest BCUT2D eigenvalue weighted by molar-refractivity contribution is 8.08. The molecule has 52 nitrogen and oxygen atoms in total. The summed E-state index contributed by atoms with van der Waals surface area (Å²) >= 11 is 33.3. The van der Waals surface area contributed by atoms with Crippen LogP contribution in [0.3, 0.4) is 0 Å². The second-order valence-electron chi connectivity index (χ2n) is 29.3. The van der Waals surface area contributed by atoms with Gasteiger partial charge in [0, 0.05) is 80.9 Å². The lowest BCUT2D eigenvalue weighted by atomic mass is 10.1. The Morgan fingerprint density at radius 1 is 0.389 bits per heavy atom. The van der Waals surface area contributed by atoms with Crippen LogP contribution in [0.25, 0.3) is 33.5 Å². The minimum absolute atomic E-state index is 0.0210. The number of imidazole rings is 3. The maximum atomic E-state index is 13.5. The van der Waals surface area contributed by atoms with Crippen LogP contribution < -0.4 is 56.7 Å². The van der Waals surface area contributed by atoms with Crippen LogP contribution in [0.1, 0.15) is 106 Å². The van der Waals surface area contributed by atoms with E-state index in [1.807, 2.05) is 0 Å². The van der Waals surface area contributed by atoms with Crippen LogP contribution in [0, 0.1) is 20.8 Å². The predicted octanol–water partition coefficient (Wildman–Crippen LogP) is 0.887. The predicted molar refractivity (Wildman–Crippen MR) is 458 cm³/mol. The van der Waals surface area contributed by atoms with Crippen molar-refractivity contribution >= 4 is 168 Å². The smallest absolute Gasteiger partial charge is 0.351 e. The van der Waals surface area contributed by atoms with Crippen molar-refractivity contribution in [3.63, 3.8) is 0 Å². The number of nitrogen functional groups attached to an aromatic ring is 4. The van der Waals surface area contributed by atoms with Crippen molar-refractivity contribution in [3.8, 4) is 0 Å². The third kappa shape index (κ3) is 21.4. The van der Waals surface area contributed by atoms with Gasteiger partial charge in [-0.05, 0) is 98.0 Å². The van der Waals surface area contributed by atoms with E-state index in [9.17, 15) is 58.1 Å². The normalized spacial score (nSPS) is 29.4. The molecule has 686 valence electrons. The Morgan fingerprint density at radius 3 is 1.06 bits per heavy atom. The third-order valence-corrected chi connectivity index (χ3v) is 30.5. The summed E-state index contributed by atoms with van der Waals surface area (Å²) in [6.45, 7) is -23.7. The molecule has 17 N–H and O–H groups in total. The molecule has 0 spiro atoms. The van der Waals surface area contributed by atoms with Crippen LogP contribution in [0.5, 0.6) is 0 Å². The molecule has 9 aromatic heterocycles. The molecule has 9 aromatic rings. The van der Waals surface area contributed by atoms with E-state index < -0.39 is 218 Å². The van der Waals surface area contributed by atoms with Crippen molar-refractivity contribution in [2.75, 3.05) is 63.1 Å². The molecule has 0 aromatic carbocycles. The lowest BCUT2D eigenvalue weighted by molar-refractivity contribution is -0.0564. The van der Waals surface area contributed by atoms with Crippen molar-refractivity contribution in [3.05, 3.63) is 129 Å². The number of hydrogen-bond acceptors (Lipinski definition) is 43. The molecule has 15 heterocycles. The zero-order valence-corrected chi connectivity index (χ0v) is 76.4. The molecule has 6 aliphatic heterocycles. The van der Waals surface area contributed by atoms with Crippen molar-refractivity contribution in [1.82, 2.24) is 87.2 Å². The topological polar surface area (TPSA) is 687 Å². The first-order valence-corrected chi connectivity index (χ1v) is 53.4. The summed E-state index contributed by atoms with van der Waals surface area (Å²) in [5.41, 5.74) is 21.0. The third-order valence-electron chi connectivity index (χ3n) is 20.9. The molecule has 0 saturated carbocycles. The second-order valence-corrected chi connectivity index (χ2v) is 46.2. The van der Waals surface area contributed by atoms with E-state index in [0.717, 1.165) is 16.2 Å². The van der Waals surface area contributed by atoms with Crippen molar-refractivity contribution in [1.29, 1.82) is 0 Å². The van der Waals surface area contributed by atoms with Crippen LogP contribution in [0.4, 0.5) is 23.4 Å². The number of anilines is 4. The maximum absolute atomic E-state index is 13.5. The molecule has 12 unspecified atom stereocenters. The van der Waals surface area contributed by atoms with E-state index in [-0.39, 0.29) is 107 Å². The summed E-state index contributed by atoms with van der Waals surface area (Å²) in [5.74, 6) is -0.195. The molecule has 0 radical (unpaired) electrons. The van der Waals surface area contributed by atoms with E-state index in [1.165, 1.54) is 82.3 Å². The van der Waals surface area contributed by atoms with Crippen molar-refractivity contribution in [2.45, 2.75) is 183 Å². The fraction of sp³-hybridized carbons (Fsp3) is 0.565. The van der Waals surface area contributed by atoms with Gasteiger partial charge in [-0.3, -0.25) is 56.7 Å². The van der Waals surface area contributed by atoms with Crippen molar-refractivity contribution < 1.29 is 112 Å². The Hall–Kier alpha value is -6.17. The minimum Gasteiger partial charge on any atom is -0.383 e. The van der Waals surface area contributed by atoms with E-state index in [1.54, 1.807) is 13.8 Å². The van der Waals surface area contributed by atoms with Gasteiger partial charge < -0.3 is 135 Å². The lowest BCUT2D eigenvalue weighted by Gasteiger charge is -2.28. The average molecular weight is 1990 g/mol. The van der Waals surface area contributed by atoms with Gasteiger partial charge >= 0.3 is 57.4 Å². The van der Waals surface area contributed by atoms with Gasteiger partial charge in [-0.1, -0.05) is 6.92 Å². The van der Waals surface area contributed by atoms with Crippen LogP contribution in [-0.4, -0.2) is 230 Å². The summed E-state index contributed by atoms with van der Waals surface area (Å²) in [4.78, 5) is 193. The van der Waals surface area contributed by atoms with Gasteiger partial charge in [-0.25, -0.2) is 49.3 Å². The molecule has 64 heteroatoms. The fourth-order valence-electron chi connectivity index (χ4n) is 14.8. The van der Waals surface area contributed by atoms with Crippen molar-refractivity contribution in [2.24, 2.45) is 0 Å². The van der Waals surface area contributed by atoms with Gasteiger partial charge in [0.05, 0.1) is 94.7 Å². The molecule has 0 bridgehead atoms. The van der Waals surface area contributed by atoms with E-state index >= 15 is 0 Å². The number of hydrogen-bond donors (Lipinski definition) is 13. The van der Waals surface area contributed by atoms with Gasteiger partial charge in [0.1, 0.15) is 97.4 Å². The number of aromatic nitrogens is 18. The quantitative estimate of drug-likeness (QED) is 0.0245. The van der Waals surface area contributed by atoms with Gasteiger partial charge in [0.2, 0.25) is 5.95 Å². The number of H-pyrrole nitrogens is 3. The summed E-state index contributed by atoms with van der Waals surface area (Å²) in [5, 5.41) is 0. The fourth-order valence-corrected chi connectivity index (χ4v) is 23.1. The molecule has 0 amide bonds. The Labute approximate surface area is 738 Å². The number of nitrogens with zero attached hydrogens (tertiary/aromatic N) is 15. The first-order valence-electron chi connectivity index (χ1n) is 37.8. The molecule has 15 rings (SSSR count). The van der Waals surface area contributed by atoms with Crippen LogP contribution in [-0.2, 0) is 154 Å². The van der Waals surface area contributed by atoms with Gasteiger partial charge in [-0.2, -0.15) is 9.97 Å². The van der Waals surface area contributed by atoms with E-state index in [4.69, 9.17) is 176 Å². The average Bonchev–Trinajstić information content (AvgIpc) is 1.63. The largest absolute Gasteiger partial charge is 0.383 e. The summed E-state index contributed by atoms with van der Waals surface area (Å²) in [7, 11) is 1.12. The van der Waals surface area contributed by atoms with Crippen LogP contribution >= 0.6 is 40.3 Å². The maximum Gasteiger partial charge on any atom is 0.351 e. The summed E-state index contributed by atoms with van der Waals surface area (Å²) in [6.07, 6.45) is -12.0. The molecule has 126 heavy (non-hydrogen) atoms. The minimum atomic E-state index is -4.70. The summed E-state index contributed by atoms with van der Waals surface area (Å²) < 4.78 is 117. The number of nitrogens with one attached hydrogen (secondary N) is 3. The van der Waals surface area contributed by atoms with Crippen LogP contribution in [0.15, 0.2) is 79.0 Å². The molecular weight excluding hydrogens is 1910 g/mol. The number of rotatable bonds is 35. The van der Waals surface area contributed by atoms with Gasteiger partial charge in [0.15, 0.2) is 34.1 Å². The monoisotopic (exact) mass is 1990 g/mol. The highest BCUT2D eigenvalue weighted by Gasteiger charge is 2.50. The Kier molecular flexibility index (Phi) is 28.4. The number of nitrogens with two attached hydrogens (primary N) is 4. The molecule has 6 aliphatic rings. The highest BCUT2D eigenvalue weighted by Crippen LogP contribution is 2.58. The lowest BCUT2D eigenvalue weighted by Crippen LogP contribution is -2.33. The molecule has 6 fully saturated rings. The standard InChI is InChI=1S/C62H82N22O30P6S6/c1-6-29-30(7-41(103-29)79-13-26(2)50(63)74-60(79)88)110-116(92,122)98-18-38-33(10-44(106-38)82-23-71-47-51(64)67-21-69-53(47)82)113-119(95,125)100-17-37-32(9-43(105-37)81-15-28(4)57(86)78-62(81)90)111-117(93,123)102-20-40-35(12-46(108-40)84-25-73-49-55(84)75-59(66)76-58(49)87)114-120(96,126)101-19-39-34(11-45(107-39)83-24-72-48-52(65)68-22-70-54(48)83)112-118(94,124)99-16-36-31(109-115(91,121)97-5)8-42(104-36)80-14-27(3)56(85)77-61(80)89/h13-15,21-25,29-46H,6-12,16-20H2,1-5H3,(H,91,121)(H,92,122)(H,93,123)(H,94,124)(H,95,125)(H,96,126)(H2,63,74,88)(H2,64,67,69)(H2,65,68,70)(H,77,85,89)(H,78,86,90)(H3,66,75,76,87)/t29-,30?,31?,32?,33?,34?,35?,36-,37-,38-,39-,40-,41-,42-,43-,44-,45-,46-,115?,116?,117?,118?,119?,120?/m1/s1. The molecule has 0 aliphatic carbocycles. The SMILES string of the molecule is CC[C@H]1O[C@@H](n2cc(C)c(N)nc2=O)CC1OP(O)(=S)OC[C@H]1O[C@@H](n2cnc3c(N)ncnc32)CC1OP(O)(=S)OC[C@H]1O[C@@H](n2cc(C)c(=O)[nH]c2=O)CC1OP(O)(=S)OC[C@H]1O[C@@H](n2cnc3c(=O)[nH]c(N)nc32)CC1OP(O)(=S)OC[C@H]1O[C@@H](n2cnc3c(N)ncnc32)CC1OP(O)(=S)OC[C@H]1O[C@@H](n2cc(C)c(=O)[nH]c2=O)CC1OP(O)(=S)OC. The van der Waals surface area contributed by atoms with Gasteiger partial charge in [0.25, 0.3) is 16.7 Å². The van der Waals surface area contributed by atoms with E-state index in [0.29, 0.717) is 12.0 Å². The first kappa shape index (κ1) is 94.5. The zero-order valence-electron chi connectivity index (χ0n) is 66.1. The molecule has 24 atom stereocenters. The molecule has 6 saturated heterocycles.